The Bertz CT molecular complexity index is 1640. The summed E-state index contributed by atoms with van der Waals surface area (Å²) in [5, 5.41) is 20.4. The Morgan fingerprint density at radius 3 is 1.56 bits per heavy atom. The van der Waals surface area contributed by atoms with E-state index < -0.39 is 65.4 Å². The van der Waals surface area contributed by atoms with Gasteiger partial charge in [-0.15, -0.1) is 0 Å². The Balaban J connectivity index is 1.73. The van der Waals surface area contributed by atoms with Gasteiger partial charge >= 0.3 is 24.3 Å². The van der Waals surface area contributed by atoms with Crippen molar-refractivity contribution in [2.24, 2.45) is 0 Å². The molecule has 0 amide bonds. The molecule has 0 spiro atoms. The van der Waals surface area contributed by atoms with Gasteiger partial charge < -0.3 is 29.7 Å². The zero-order valence-electron chi connectivity index (χ0n) is 23.8. The normalized spacial score (nSPS) is 13.4. The summed E-state index contributed by atoms with van der Waals surface area (Å²) in [5.74, 6) is -2.30. The summed E-state index contributed by atoms with van der Waals surface area (Å²) in [5.41, 5.74) is -2.86. The molecule has 14 heteroatoms. The number of carbonyl (C=O) groups excluding carboxylic acids is 2. The second kappa shape index (κ2) is 13.2. The second-order valence-electron chi connectivity index (χ2n) is 10.2. The molecular formula is C31H28F6N2O6. The van der Waals surface area contributed by atoms with Crippen LogP contribution in [0.2, 0.25) is 0 Å². The van der Waals surface area contributed by atoms with Crippen LogP contribution in [0.15, 0.2) is 60.7 Å². The second-order valence-corrected chi connectivity index (χ2v) is 10.2. The quantitative estimate of drug-likeness (QED) is 0.117. The lowest BCUT2D eigenvalue weighted by molar-refractivity contribution is -0.207. The topological polar surface area (TPSA) is 125 Å². The number of aromatic amines is 2. The van der Waals surface area contributed by atoms with Crippen molar-refractivity contribution in [3.63, 3.8) is 0 Å². The molecule has 0 fully saturated rings. The van der Waals surface area contributed by atoms with Crippen LogP contribution in [0.3, 0.4) is 0 Å². The lowest BCUT2D eigenvalue weighted by Gasteiger charge is -2.17. The molecule has 4 aromatic rings. The molecule has 0 saturated heterocycles. The summed E-state index contributed by atoms with van der Waals surface area (Å²) in [6.45, 7) is 1.75. The molecule has 2 heterocycles. The number of aliphatic hydroxyl groups is 2. The Morgan fingerprint density at radius 2 is 1.09 bits per heavy atom. The van der Waals surface area contributed by atoms with Crippen LogP contribution in [0.1, 0.15) is 78.0 Å². The van der Waals surface area contributed by atoms with Crippen LogP contribution in [0, 0.1) is 13.8 Å². The highest BCUT2D eigenvalue weighted by Crippen LogP contribution is 2.40. The zero-order chi connectivity index (χ0) is 33.1. The SMILES string of the molecule is Cc1c(C(=O)OCc2ccccc2)[nH]c(Cc2[nH]c(C(=O)OCc3ccccc3)c([C@H](O)C(F)(F)F)c2C)c1[C@H](O)C(F)(F)F. The number of alkyl halides is 6. The maximum Gasteiger partial charge on any atom is 0.418 e. The minimum absolute atomic E-state index is 0.207. The van der Waals surface area contributed by atoms with Gasteiger partial charge in [-0.05, 0) is 36.1 Å². The Labute approximate surface area is 252 Å². The summed E-state index contributed by atoms with van der Waals surface area (Å²) in [6.07, 6.45) is -17.2. The predicted molar refractivity (Wildman–Crippen MR) is 147 cm³/mol. The first-order valence-electron chi connectivity index (χ1n) is 13.4. The number of halogens is 6. The fourth-order valence-electron chi connectivity index (χ4n) is 4.82. The van der Waals surface area contributed by atoms with Gasteiger partial charge in [-0.25, -0.2) is 9.59 Å². The number of aromatic nitrogens is 2. The van der Waals surface area contributed by atoms with Gasteiger partial charge in [-0.2, -0.15) is 26.3 Å². The van der Waals surface area contributed by atoms with E-state index in [-0.39, 0.29) is 35.7 Å². The molecule has 0 radical (unpaired) electrons. The Morgan fingerprint density at radius 1 is 0.667 bits per heavy atom. The number of H-pyrrole nitrogens is 2. The van der Waals surface area contributed by atoms with E-state index in [1.807, 2.05) is 0 Å². The lowest BCUT2D eigenvalue weighted by atomic mass is 9.98. The first kappa shape index (κ1) is 33.3. The largest absolute Gasteiger partial charge is 0.456 e. The average Bonchev–Trinajstić information content (AvgIpc) is 3.49. The maximum absolute atomic E-state index is 13.7. The minimum atomic E-state index is -5.21. The van der Waals surface area contributed by atoms with Crippen LogP contribution in [0.25, 0.3) is 0 Å². The number of aliphatic hydroxyl groups excluding tert-OH is 2. The number of hydrogen-bond donors (Lipinski definition) is 4. The molecule has 2 atom stereocenters. The van der Waals surface area contributed by atoms with Crippen molar-refractivity contribution >= 4 is 11.9 Å². The van der Waals surface area contributed by atoms with Gasteiger partial charge in [0.25, 0.3) is 0 Å². The average molecular weight is 639 g/mol. The van der Waals surface area contributed by atoms with Crippen molar-refractivity contribution < 1.29 is 55.6 Å². The van der Waals surface area contributed by atoms with Gasteiger partial charge in [0.2, 0.25) is 0 Å². The summed E-state index contributed by atoms with van der Waals surface area (Å²) >= 11 is 0. The van der Waals surface area contributed by atoms with Crippen molar-refractivity contribution in [3.8, 4) is 0 Å². The summed E-state index contributed by atoms with van der Waals surface area (Å²) in [6, 6.07) is 16.6. The van der Waals surface area contributed by atoms with Crippen LogP contribution in [-0.4, -0.2) is 44.5 Å². The van der Waals surface area contributed by atoms with Crippen molar-refractivity contribution in [2.75, 3.05) is 0 Å². The fraction of sp³-hybridized carbons (Fsp3) is 0.290. The van der Waals surface area contributed by atoms with Crippen molar-refractivity contribution in [3.05, 3.63) is 117 Å². The third kappa shape index (κ3) is 7.57. The molecule has 4 rings (SSSR count). The number of hydrogen-bond acceptors (Lipinski definition) is 6. The van der Waals surface area contributed by atoms with E-state index in [4.69, 9.17) is 9.47 Å². The molecule has 0 aliphatic rings. The van der Waals surface area contributed by atoms with E-state index in [0.717, 1.165) is 13.8 Å². The number of ether oxygens (including phenoxy) is 2. The predicted octanol–water partition coefficient (Wildman–Crippen LogP) is 6.46. The summed E-state index contributed by atoms with van der Waals surface area (Å²) in [4.78, 5) is 30.8. The van der Waals surface area contributed by atoms with Crippen molar-refractivity contribution in [2.45, 2.75) is 58.0 Å². The molecule has 0 saturated carbocycles. The van der Waals surface area contributed by atoms with Crippen LogP contribution in [-0.2, 0) is 29.1 Å². The minimum Gasteiger partial charge on any atom is -0.456 e. The highest BCUT2D eigenvalue weighted by molar-refractivity contribution is 5.91. The van der Waals surface area contributed by atoms with Gasteiger partial charge in [0.1, 0.15) is 24.6 Å². The zero-order valence-corrected chi connectivity index (χ0v) is 23.8. The Kier molecular flexibility index (Phi) is 9.78. The number of carbonyl (C=O) groups is 2. The maximum atomic E-state index is 13.7. The van der Waals surface area contributed by atoms with Crippen LogP contribution in [0.5, 0.6) is 0 Å². The fourth-order valence-corrected chi connectivity index (χ4v) is 4.82. The monoisotopic (exact) mass is 638 g/mol. The molecular weight excluding hydrogens is 610 g/mol. The number of benzene rings is 2. The molecule has 8 nitrogen and oxygen atoms in total. The molecule has 2 aromatic carbocycles. The van der Waals surface area contributed by atoms with Gasteiger partial charge in [0.05, 0.1) is 0 Å². The Hall–Kier alpha value is -4.56. The lowest BCUT2D eigenvalue weighted by Crippen LogP contribution is -2.23. The molecule has 0 aliphatic carbocycles. The van der Waals surface area contributed by atoms with Gasteiger partial charge in [0, 0.05) is 28.9 Å². The van der Waals surface area contributed by atoms with Crippen molar-refractivity contribution in [1.82, 2.24) is 9.97 Å². The molecule has 240 valence electrons. The highest BCUT2D eigenvalue weighted by Gasteiger charge is 2.45. The van der Waals surface area contributed by atoms with Crippen LogP contribution in [0.4, 0.5) is 26.3 Å². The van der Waals surface area contributed by atoms with Crippen LogP contribution >= 0.6 is 0 Å². The van der Waals surface area contributed by atoms with Gasteiger partial charge in [0.15, 0.2) is 12.2 Å². The van der Waals surface area contributed by atoms with E-state index >= 15 is 0 Å². The number of esters is 2. The summed E-state index contributed by atoms with van der Waals surface area (Å²) in [7, 11) is 0. The third-order valence-corrected chi connectivity index (χ3v) is 7.14. The molecule has 4 N–H and O–H groups in total. The molecule has 45 heavy (non-hydrogen) atoms. The smallest absolute Gasteiger partial charge is 0.418 e. The van der Waals surface area contributed by atoms with Crippen molar-refractivity contribution in [1.29, 1.82) is 0 Å². The number of rotatable bonds is 10. The van der Waals surface area contributed by atoms with E-state index in [1.165, 1.54) is 0 Å². The number of nitrogens with one attached hydrogen (secondary N) is 2. The van der Waals surface area contributed by atoms with E-state index in [0.29, 0.717) is 11.1 Å². The van der Waals surface area contributed by atoms with Crippen LogP contribution < -0.4 is 0 Å². The highest BCUT2D eigenvalue weighted by atomic mass is 19.4. The van der Waals surface area contributed by atoms with E-state index in [9.17, 15) is 46.1 Å². The van der Waals surface area contributed by atoms with E-state index in [1.54, 1.807) is 60.7 Å². The third-order valence-electron chi connectivity index (χ3n) is 7.14. The van der Waals surface area contributed by atoms with Gasteiger partial charge in [-0.3, -0.25) is 0 Å². The van der Waals surface area contributed by atoms with E-state index in [2.05, 4.69) is 9.97 Å². The standard InChI is InChI=1S/C31H28F6N2O6/c1-16-20(38-25(23(16)27(41)31(35,36)37)29(43)45-15-19-11-7-4-8-12-19)13-21-22(26(40)30(32,33)34)17(2)24(39-21)28(42)44-14-18-9-5-3-6-10-18/h3-12,26-27,38-41H,13-15H2,1-2H3/t26-,27-/m0/s1. The molecule has 2 aromatic heterocycles. The summed E-state index contributed by atoms with van der Waals surface area (Å²) < 4.78 is 92.5. The molecule has 0 bridgehead atoms. The first-order valence-corrected chi connectivity index (χ1v) is 13.4. The molecule has 0 aliphatic heterocycles. The van der Waals surface area contributed by atoms with Gasteiger partial charge in [-0.1, -0.05) is 60.7 Å². The first-order chi connectivity index (χ1) is 21.1. The molecule has 0 unspecified atom stereocenters.